The van der Waals surface area contributed by atoms with Gasteiger partial charge in [-0.1, -0.05) is 34.1 Å². The second-order valence-corrected chi connectivity index (χ2v) is 6.48. The summed E-state index contributed by atoms with van der Waals surface area (Å²) in [5.74, 6) is 0. The highest BCUT2D eigenvalue weighted by molar-refractivity contribution is 9.10. The fraction of sp³-hybridized carbons (Fsp3) is 0.0769. The van der Waals surface area contributed by atoms with Crippen LogP contribution in [-0.4, -0.2) is 8.42 Å². The number of hydrogen-bond acceptors (Lipinski definition) is 2. The van der Waals surface area contributed by atoms with Gasteiger partial charge in [-0.05, 0) is 42.8 Å². The zero-order valence-electron chi connectivity index (χ0n) is 9.72. The Morgan fingerprint density at radius 1 is 1.06 bits per heavy atom. The zero-order valence-corrected chi connectivity index (χ0v) is 12.1. The highest BCUT2D eigenvalue weighted by atomic mass is 79.9. The summed E-state index contributed by atoms with van der Waals surface area (Å²) in [6.45, 7) is 1.85. The van der Waals surface area contributed by atoms with Crippen molar-refractivity contribution in [3.8, 4) is 0 Å². The van der Waals surface area contributed by atoms with Crippen molar-refractivity contribution in [2.24, 2.45) is 0 Å². The van der Waals surface area contributed by atoms with Crippen LogP contribution < -0.4 is 4.72 Å². The fourth-order valence-corrected chi connectivity index (χ4v) is 3.17. The van der Waals surface area contributed by atoms with E-state index in [2.05, 4.69) is 20.7 Å². The van der Waals surface area contributed by atoms with Crippen LogP contribution in [0.4, 0.5) is 5.69 Å². The first-order valence-electron chi connectivity index (χ1n) is 5.33. The minimum Gasteiger partial charge on any atom is -0.279 e. The second kappa shape index (κ2) is 5.12. The molecule has 3 nitrogen and oxygen atoms in total. The molecule has 0 aliphatic rings. The van der Waals surface area contributed by atoms with Gasteiger partial charge < -0.3 is 0 Å². The first-order valence-corrected chi connectivity index (χ1v) is 7.61. The molecule has 0 aromatic heterocycles. The average Bonchev–Trinajstić information content (AvgIpc) is 2.34. The lowest BCUT2D eigenvalue weighted by Gasteiger charge is -2.10. The average molecular weight is 326 g/mol. The highest BCUT2D eigenvalue weighted by Gasteiger charge is 2.14. The van der Waals surface area contributed by atoms with Crippen molar-refractivity contribution in [3.05, 3.63) is 58.6 Å². The molecule has 0 amide bonds. The molecule has 1 N–H and O–H groups in total. The molecule has 18 heavy (non-hydrogen) atoms. The Kier molecular flexibility index (Phi) is 3.73. The Balaban J connectivity index is 2.34. The van der Waals surface area contributed by atoms with Gasteiger partial charge in [-0.2, -0.15) is 0 Å². The van der Waals surface area contributed by atoms with Gasteiger partial charge in [-0.15, -0.1) is 0 Å². The van der Waals surface area contributed by atoms with E-state index in [1.165, 1.54) is 0 Å². The van der Waals surface area contributed by atoms with E-state index in [1.807, 2.05) is 13.0 Å². The van der Waals surface area contributed by atoms with Crippen molar-refractivity contribution in [2.45, 2.75) is 11.8 Å². The molecule has 0 unspecified atom stereocenters. The summed E-state index contributed by atoms with van der Waals surface area (Å²) in [6, 6.07) is 13.7. The Hall–Kier alpha value is -1.33. The van der Waals surface area contributed by atoms with Crippen LogP contribution in [0.5, 0.6) is 0 Å². The minimum atomic E-state index is -3.51. The Labute approximate surface area is 115 Å². The number of sulfonamides is 1. The van der Waals surface area contributed by atoms with Gasteiger partial charge in [0.15, 0.2) is 0 Å². The molecule has 0 heterocycles. The largest absolute Gasteiger partial charge is 0.279 e. The van der Waals surface area contributed by atoms with Crippen molar-refractivity contribution < 1.29 is 8.42 Å². The van der Waals surface area contributed by atoms with Gasteiger partial charge in [-0.25, -0.2) is 8.42 Å². The summed E-state index contributed by atoms with van der Waals surface area (Å²) in [6.07, 6.45) is 0. The molecule has 5 heteroatoms. The van der Waals surface area contributed by atoms with E-state index in [9.17, 15) is 8.42 Å². The maximum absolute atomic E-state index is 12.1. The monoisotopic (exact) mass is 325 g/mol. The van der Waals surface area contributed by atoms with E-state index < -0.39 is 10.0 Å². The minimum absolute atomic E-state index is 0.257. The summed E-state index contributed by atoms with van der Waals surface area (Å²) in [5.41, 5.74) is 1.45. The lowest BCUT2D eigenvalue weighted by atomic mass is 10.2. The van der Waals surface area contributed by atoms with Crippen molar-refractivity contribution in [1.29, 1.82) is 0 Å². The van der Waals surface area contributed by atoms with Crippen molar-refractivity contribution >= 4 is 31.6 Å². The third-order valence-corrected chi connectivity index (χ3v) is 4.36. The van der Waals surface area contributed by atoms with E-state index in [4.69, 9.17) is 0 Å². The fourth-order valence-electron chi connectivity index (χ4n) is 1.54. The summed E-state index contributed by atoms with van der Waals surface area (Å²) in [5, 5.41) is 0. The molecule has 2 aromatic rings. The summed E-state index contributed by atoms with van der Waals surface area (Å²) >= 11 is 3.34. The standard InChI is InChI=1S/C13H12BrNO2S/c1-10-9-11(14)7-8-13(10)15-18(16,17)12-5-3-2-4-6-12/h2-9,15H,1H3. The lowest BCUT2D eigenvalue weighted by molar-refractivity contribution is 0.601. The van der Waals surface area contributed by atoms with Gasteiger partial charge in [0.1, 0.15) is 0 Å². The van der Waals surface area contributed by atoms with Crippen LogP contribution in [0, 0.1) is 6.92 Å². The highest BCUT2D eigenvalue weighted by Crippen LogP contribution is 2.22. The van der Waals surface area contributed by atoms with Crippen LogP contribution in [0.2, 0.25) is 0 Å². The third kappa shape index (κ3) is 2.91. The molecule has 0 fully saturated rings. The van der Waals surface area contributed by atoms with Gasteiger partial charge >= 0.3 is 0 Å². The van der Waals surface area contributed by atoms with Crippen molar-refractivity contribution in [1.82, 2.24) is 0 Å². The maximum Gasteiger partial charge on any atom is 0.261 e. The number of benzene rings is 2. The summed E-state index contributed by atoms with van der Waals surface area (Å²) in [7, 11) is -3.51. The van der Waals surface area contributed by atoms with Crippen LogP contribution in [0.1, 0.15) is 5.56 Å². The van der Waals surface area contributed by atoms with E-state index in [0.29, 0.717) is 5.69 Å². The molecule has 0 radical (unpaired) electrons. The Bertz CT molecular complexity index is 654. The summed E-state index contributed by atoms with van der Waals surface area (Å²) in [4.78, 5) is 0.257. The maximum atomic E-state index is 12.1. The normalized spacial score (nSPS) is 11.2. The topological polar surface area (TPSA) is 46.2 Å². The molecule has 0 aliphatic carbocycles. The smallest absolute Gasteiger partial charge is 0.261 e. The number of halogens is 1. The van der Waals surface area contributed by atoms with Crippen LogP contribution in [0.25, 0.3) is 0 Å². The van der Waals surface area contributed by atoms with Crippen molar-refractivity contribution in [3.63, 3.8) is 0 Å². The predicted molar refractivity (Wildman–Crippen MR) is 76.1 cm³/mol. The van der Waals surface area contributed by atoms with E-state index >= 15 is 0 Å². The number of anilines is 1. The Morgan fingerprint density at radius 3 is 2.33 bits per heavy atom. The molecular weight excluding hydrogens is 314 g/mol. The summed E-state index contributed by atoms with van der Waals surface area (Å²) < 4.78 is 27.7. The van der Waals surface area contributed by atoms with Crippen LogP contribution in [0.15, 0.2) is 57.9 Å². The first kappa shape index (κ1) is 13.1. The quantitative estimate of drug-likeness (QED) is 0.937. The van der Waals surface area contributed by atoms with Crippen LogP contribution >= 0.6 is 15.9 Å². The van der Waals surface area contributed by atoms with Crippen LogP contribution in [-0.2, 0) is 10.0 Å². The molecule has 2 rings (SSSR count). The van der Waals surface area contributed by atoms with Gasteiger partial charge in [0.05, 0.1) is 10.6 Å². The zero-order chi connectivity index (χ0) is 13.2. The molecule has 2 aromatic carbocycles. The number of nitrogens with one attached hydrogen (secondary N) is 1. The number of rotatable bonds is 3. The third-order valence-electron chi connectivity index (χ3n) is 2.49. The number of hydrogen-bond donors (Lipinski definition) is 1. The molecule has 0 saturated heterocycles. The molecule has 94 valence electrons. The lowest BCUT2D eigenvalue weighted by Crippen LogP contribution is -2.13. The first-order chi connectivity index (χ1) is 8.49. The van der Waals surface area contributed by atoms with Gasteiger partial charge in [0.25, 0.3) is 10.0 Å². The second-order valence-electron chi connectivity index (χ2n) is 3.88. The molecule has 0 atom stereocenters. The van der Waals surface area contributed by atoms with E-state index in [0.717, 1.165) is 10.0 Å². The Morgan fingerprint density at radius 2 is 1.72 bits per heavy atom. The van der Waals surface area contributed by atoms with Gasteiger partial charge in [0.2, 0.25) is 0 Å². The molecule has 0 bridgehead atoms. The predicted octanol–water partition coefficient (Wildman–Crippen LogP) is 3.56. The SMILES string of the molecule is Cc1cc(Br)ccc1NS(=O)(=O)c1ccccc1. The van der Waals surface area contributed by atoms with Crippen LogP contribution in [0.3, 0.4) is 0 Å². The van der Waals surface area contributed by atoms with E-state index in [1.54, 1.807) is 42.5 Å². The molecule has 0 saturated carbocycles. The van der Waals surface area contributed by atoms with Crippen molar-refractivity contribution in [2.75, 3.05) is 4.72 Å². The van der Waals surface area contributed by atoms with Gasteiger partial charge in [0, 0.05) is 4.47 Å². The van der Waals surface area contributed by atoms with E-state index in [-0.39, 0.29) is 4.90 Å². The molecular formula is C13H12BrNO2S. The van der Waals surface area contributed by atoms with Gasteiger partial charge in [-0.3, -0.25) is 4.72 Å². The molecule has 0 aliphatic heterocycles. The molecule has 0 spiro atoms. The number of aryl methyl sites for hydroxylation is 1.